The van der Waals surface area contributed by atoms with Crippen LogP contribution in [0.25, 0.3) is 0 Å². The third-order valence-corrected chi connectivity index (χ3v) is 5.00. The predicted molar refractivity (Wildman–Crippen MR) is 91.4 cm³/mol. The minimum Gasteiger partial charge on any atom is -0.327 e. The molecular formula is C19H24N2O3. The Morgan fingerprint density at radius 3 is 2.42 bits per heavy atom. The summed E-state index contributed by atoms with van der Waals surface area (Å²) < 4.78 is 0. The van der Waals surface area contributed by atoms with Crippen molar-refractivity contribution < 1.29 is 14.4 Å². The van der Waals surface area contributed by atoms with Crippen LogP contribution in [-0.4, -0.2) is 34.7 Å². The van der Waals surface area contributed by atoms with Gasteiger partial charge in [-0.05, 0) is 45.2 Å². The summed E-state index contributed by atoms with van der Waals surface area (Å²) >= 11 is 0. The number of benzene rings is 1. The molecule has 0 radical (unpaired) electrons. The van der Waals surface area contributed by atoms with Crippen molar-refractivity contribution in [2.45, 2.75) is 58.5 Å². The third kappa shape index (κ3) is 2.95. The Morgan fingerprint density at radius 1 is 1.25 bits per heavy atom. The van der Waals surface area contributed by atoms with E-state index in [0.29, 0.717) is 5.69 Å². The lowest BCUT2D eigenvalue weighted by Crippen LogP contribution is -2.50. The number of anilines is 1. The molecular weight excluding hydrogens is 304 g/mol. The maximum absolute atomic E-state index is 12.9. The molecule has 1 saturated heterocycles. The van der Waals surface area contributed by atoms with E-state index in [9.17, 15) is 14.4 Å². The molecule has 1 aliphatic heterocycles. The average Bonchev–Trinajstić information content (AvgIpc) is 3.36. The van der Waals surface area contributed by atoms with Gasteiger partial charge in [-0.15, -0.1) is 0 Å². The van der Waals surface area contributed by atoms with Crippen molar-refractivity contribution in [3.05, 3.63) is 29.8 Å². The summed E-state index contributed by atoms with van der Waals surface area (Å²) in [5.41, 5.74) is 1.65. The second-order valence-corrected chi connectivity index (χ2v) is 6.90. The van der Waals surface area contributed by atoms with Gasteiger partial charge in [-0.25, -0.2) is 4.90 Å². The van der Waals surface area contributed by atoms with Crippen LogP contribution in [0.2, 0.25) is 0 Å². The summed E-state index contributed by atoms with van der Waals surface area (Å²) in [5.74, 6) is -0.444. The van der Waals surface area contributed by atoms with Gasteiger partial charge in [-0.3, -0.25) is 14.4 Å². The van der Waals surface area contributed by atoms with Gasteiger partial charge in [0.2, 0.25) is 11.8 Å². The number of rotatable bonds is 5. The highest BCUT2D eigenvalue weighted by Gasteiger charge is 2.47. The molecule has 5 heteroatoms. The van der Waals surface area contributed by atoms with Gasteiger partial charge in [0.05, 0.1) is 12.1 Å². The topological polar surface area (TPSA) is 57.7 Å². The summed E-state index contributed by atoms with van der Waals surface area (Å²) in [5, 5.41) is 0. The van der Waals surface area contributed by atoms with Crippen LogP contribution >= 0.6 is 0 Å². The molecule has 2 fully saturated rings. The van der Waals surface area contributed by atoms with Gasteiger partial charge in [0.25, 0.3) is 5.91 Å². The number of carbonyl (C=O) groups excluding carboxylic acids is 3. The van der Waals surface area contributed by atoms with Gasteiger partial charge in [0.1, 0.15) is 6.04 Å². The first-order valence-electron chi connectivity index (χ1n) is 8.69. The molecule has 1 saturated carbocycles. The molecule has 3 rings (SSSR count). The Labute approximate surface area is 142 Å². The van der Waals surface area contributed by atoms with E-state index in [0.717, 1.165) is 24.8 Å². The van der Waals surface area contributed by atoms with Gasteiger partial charge in [-0.1, -0.05) is 24.6 Å². The molecule has 0 N–H and O–H groups in total. The van der Waals surface area contributed by atoms with Crippen LogP contribution in [0.3, 0.4) is 0 Å². The average molecular weight is 328 g/mol. The van der Waals surface area contributed by atoms with E-state index in [1.165, 1.54) is 4.90 Å². The summed E-state index contributed by atoms with van der Waals surface area (Å²) in [7, 11) is 0. The zero-order valence-corrected chi connectivity index (χ0v) is 14.5. The van der Waals surface area contributed by atoms with Crippen LogP contribution in [0.1, 0.15) is 45.1 Å². The number of hydrogen-bond donors (Lipinski definition) is 0. The second kappa shape index (κ2) is 6.38. The van der Waals surface area contributed by atoms with E-state index in [2.05, 4.69) is 0 Å². The second-order valence-electron chi connectivity index (χ2n) is 6.90. The molecule has 5 nitrogen and oxygen atoms in total. The van der Waals surface area contributed by atoms with Gasteiger partial charge in [0, 0.05) is 12.0 Å². The summed E-state index contributed by atoms with van der Waals surface area (Å²) in [6.07, 6.45) is 2.63. The Kier molecular flexibility index (Phi) is 4.43. The molecule has 3 amide bonds. The van der Waals surface area contributed by atoms with Crippen LogP contribution in [0.4, 0.5) is 5.69 Å². The SMILES string of the molecule is CCC(C)N(C(=O)C1CC1)C1CC(=O)N(c2ccc(C)cc2)C1=O. The van der Waals surface area contributed by atoms with Crippen LogP contribution in [0, 0.1) is 12.8 Å². The Bertz CT molecular complexity index is 664. The van der Waals surface area contributed by atoms with E-state index in [-0.39, 0.29) is 36.1 Å². The van der Waals surface area contributed by atoms with Crippen molar-refractivity contribution in [2.75, 3.05) is 4.90 Å². The lowest BCUT2D eigenvalue weighted by molar-refractivity contribution is -0.141. The molecule has 1 aromatic carbocycles. The molecule has 1 aliphatic carbocycles. The highest BCUT2D eigenvalue weighted by molar-refractivity contribution is 6.23. The molecule has 1 heterocycles. The Morgan fingerprint density at radius 2 is 1.88 bits per heavy atom. The quantitative estimate of drug-likeness (QED) is 0.781. The number of nitrogens with zero attached hydrogens (tertiary/aromatic N) is 2. The number of imide groups is 1. The van der Waals surface area contributed by atoms with Crippen molar-refractivity contribution in [3.8, 4) is 0 Å². The third-order valence-electron chi connectivity index (χ3n) is 5.00. The van der Waals surface area contributed by atoms with Gasteiger partial charge >= 0.3 is 0 Å². The standard InChI is InChI=1S/C19H24N2O3/c1-4-13(3)20(18(23)14-7-8-14)16-11-17(22)21(19(16)24)15-9-5-12(2)6-10-15/h5-6,9-10,13-14,16H,4,7-8,11H2,1-3H3. The molecule has 1 aromatic rings. The van der Waals surface area contributed by atoms with Crippen molar-refractivity contribution >= 4 is 23.4 Å². The highest BCUT2D eigenvalue weighted by atomic mass is 16.2. The summed E-state index contributed by atoms with van der Waals surface area (Å²) in [6.45, 7) is 5.91. The van der Waals surface area contributed by atoms with E-state index in [1.54, 1.807) is 17.0 Å². The van der Waals surface area contributed by atoms with Crippen LogP contribution in [0.15, 0.2) is 24.3 Å². The summed E-state index contributed by atoms with van der Waals surface area (Å²) in [6, 6.07) is 6.61. The molecule has 128 valence electrons. The van der Waals surface area contributed by atoms with E-state index >= 15 is 0 Å². The molecule has 0 bridgehead atoms. The van der Waals surface area contributed by atoms with Crippen molar-refractivity contribution in [1.29, 1.82) is 0 Å². The fraction of sp³-hybridized carbons (Fsp3) is 0.526. The lowest BCUT2D eigenvalue weighted by atomic mass is 10.1. The number of amides is 3. The highest BCUT2D eigenvalue weighted by Crippen LogP contribution is 2.35. The number of carbonyl (C=O) groups is 3. The van der Waals surface area contributed by atoms with Gasteiger partial charge in [-0.2, -0.15) is 0 Å². The van der Waals surface area contributed by atoms with E-state index < -0.39 is 6.04 Å². The normalized spacial score (nSPS) is 22.0. The van der Waals surface area contributed by atoms with Crippen LogP contribution in [-0.2, 0) is 14.4 Å². The van der Waals surface area contributed by atoms with E-state index in [4.69, 9.17) is 0 Å². The van der Waals surface area contributed by atoms with Crippen LogP contribution in [0.5, 0.6) is 0 Å². The molecule has 0 spiro atoms. The van der Waals surface area contributed by atoms with Crippen molar-refractivity contribution in [3.63, 3.8) is 0 Å². The largest absolute Gasteiger partial charge is 0.327 e. The first-order chi connectivity index (χ1) is 11.4. The minimum absolute atomic E-state index is 0.0289. The van der Waals surface area contributed by atoms with Crippen molar-refractivity contribution in [2.24, 2.45) is 5.92 Å². The first kappa shape index (κ1) is 16.7. The van der Waals surface area contributed by atoms with Crippen LogP contribution < -0.4 is 4.90 Å². The predicted octanol–water partition coefficient (Wildman–Crippen LogP) is 2.66. The molecule has 2 unspecified atom stereocenters. The zero-order chi connectivity index (χ0) is 17.4. The molecule has 0 aromatic heterocycles. The zero-order valence-electron chi connectivity index (χ0n) is 14.5. The maximum Gasteiger partial charge on any atom is 0.257 e. The number of aryl methyl sites for hydroxylation is 1. The fourth-order valence-electron chi connectivity index (χ4n) is 3.21. The molecule has 24 heavy (non-hydrogen) atoms. The smallest absolute Gasteiger partial charge is 0.257 e. The van der Waals surface area contributed by atoms with Gasteiger partial charge < -0.3 is 4.90 Å². The minimum atomic E-state index is -0.665. The Balaban J connectivity index is 1.88. The summed E-state index contributed by atoms with van der Waals surface area (Å²) in [4.78, 5) is 41.0. The monoisotopic (exact) mass is 328 g/mol. The van der Waals surface area contributed by atoms with Crippen molar-refractivity contribution in [1.82, 2.24) is 4.90 Å². The first-order valence-corrected chi connectivity index (χ1v) is 8.69. The fourth-order valence-corrected chi connectivity index (χ4v) is 3.21. The maximum atomic E-state index is 12.9. The van der Waals surface area contributed by atoms with E-state index in [1.807, 2.05) is 32.9 Å². The van der Waals surface area contributed by atoms with Gasteiger partial charge in [0.15, 0.2) is 0 Å². The number of hydrogen-bond acceptors (Lipinski definition) is 3. The molecule has 2 aliphatic rings. The Hall–Kier alpha value is -2.17. The lowest BCUT2D eigenvalue weighted by Gasteiger charge is -2.33. The molecule has 2 atom stereocenters.